The summed E-state index contributed by atoms with van der Waals surface area (Å²) in [5, 5.41) is 12.5. The summed E-state index contributed by atoms with van der Waals surface area (Å²) < 4.78 is 5.02. The third kappa shape index (κ3) is 4.51. The van der Waals surface area contributed by atoms with Crippen LogP contribution in [0.15, 0.2) is 4.52 Å². The molecule has 3 N–H and O–H groups in total. The number of carboxylic acids is 1. The Kier molecular flexibility index (Phi) is 5.38. The number of nitrogen functional groups attached to an aromatic ring is 1. The van der Waals surface area contributed by atoms with Crippen molar-refractivity contribution in [2.24, 2.45) is 5.92 Å². The van der Waals surface area contributed by atoms with Crippen LogP contribution < -0.4 is 5.73 Å². The smallest absolute Gasteiger partial charge is 0.304 e. The van der Waals surface area contributed by atoms with Crippen LogP contribution in [0.25, 0.3) is 0 Å². The van der Waals surface area contributed by atoms with E-state index in [2.05, 4.69) is 10.1 Å². The van der Waals surface area contributed by atoms with Crippen molar-refractivity contribution in [1.29, 1.82) is 0 Å². The monoisotopic (exact) mass is 281 g/mol. The van der Waals surface area contributed by atoms with Gasteiger partial charge in [0.2, 0.25) is 5.89 Å². The van der Waals surface area contributed by atoms with Gasteiger partial charge in [-0.1, -0.05) is 44.9 Å². The molecule has 0 bridgehead atoms. The minimum atomic E-state index is -0.843. The van der Waals surface area contributed by atoms with E-state index in [9.17, 15) is 4.79 Å². The number of carbonyl (C=O) groups is 1. The van der Waals surface area contributed by atoms with Crippen LogP contribution in [-0.2, 0) is 4.79 Å². The Morgan fingerprint density at radius 1 is 1.40 bits per heavy atom. The molecule has 0 aliphatic heterocycles. The number of carboxylic acid groups (broad SMARTS) is 1. The number of nitrogens with zero attached hydrogens (tertiary/aromatic N) is 2. The molecule has 1 unspecified atom stereocenters. The average molecular weight is 281 g/mol. The number of hydrogen-bond acceptors (Lipinski definition) is 5. The van der Waals surface area contributed by atoms with Crippen molar-refractivity contribution in [2.75, 3.05) is 5.73 Å². The number of rotatable bonds is 7. The zero-order valence-electron chi connectivity index (χ0n) is 11.8. The summed E-state index contributed by atoms with van der Waals surface area (Å²) in [7, 11) is 0. The Hall–Kier alpha value is -1.59. The first-order chi connectivity index (χ1) is 9.65. The van der Waals surface area contributed by atoms with E-state index in [0.717, 1.165) is 18.8 Å². The minimum Gasteiger partial charge on any atom is -0.481 e. The summed E-state index contributed by atoms with van der Waals surface area (Å²) in [4.78, 5) is 14.9. The van der Waals surface area contributed by atoms with Crippen molar-refractivity contribution < 1.29 is 14.4 Å². The van der Waals surface area contributed by atoms with Gasteiger partial charge in [-0.2, -0.15) is 4.98 Å². The van der Waals surface area contributed by atoms with Gasteiger partial charge >= 0.3 is 5.97 Å². The van der Waals surface area contributed by atoms with Crippen LogP contribution in [0.4, 0.5) is 5.95 Å². The van der Waals surface area contributed by atoms with E-state index in [4.69, 9.17) is 15.4 Å². The number of aliphatic carboxylic acids is 1. The molecule has 1 aromatic heterocycles. The SMILES string of the molecule is Nc1noc(C(CCCC2CCCCC2)CC(=O)O)n1. The van der Waals surface area contributed by atoms with Crippen LogP contribution in [0, 0.1) is 5.92 Å². The lowest BCUT2D eigenvalue weighted by Gasteiger charge is -2.21. The van der Waals surface area contributed by atoms with Gasteiger partial charge < -0.3 is 15.4 Å². The van der Waals surface area contributed by atoms with Gasteiger partial charge in [0.05, 0.1) is 6.42 Å². The van der Waals surface area contributed by atoms with E-state index < -0.39 is 5.97 Å². The molecule has 1 aliphatic carbocycles. The van der Waals surface area contributed by atoms with Crippen LogP contribution in [0.2, 0.25) is 0 Å². The Balaban J connectivity index is 1.82. The lowest BCUT2D eigenvalue weighted by Crippen LogP contribution is -2.10. The van der Waals surface area contributed by atoms with Crippen LogP contribution in [-0.4, -0.2) is 21.2 Å². The van der Waals surface area contributed by atoms with Gasteiger partial charge in [0.1, 0.15) is 0 Å². The van der Waals surface area contributed by atoms with E-state index in [1.807, 2.05) is 0 Å². The molecule has 0 spiro atoms. The van der Waals surface area contributed by atoms with Gasteiger partial charge in [0.25, 0.3) is 5.95 Å². The second-order valence-electron chi connectivity index (χ2n) is 5.72. The van der Waals surface area contributed by atoms with Crippen molar-refractivity contribution in [2.45, 2.75) is 63.7 Å². The highest BCUT2D eigenvalue weighted by Crippen LogP contribution is 2.31. The standard InChI is InChI=1S/C14H23N3O3/c15-14-16-13(20-17-14)11(9-12(18)19)8-4-7-10-5-2-1-3-6-10/h10-11H,1-9H2,(H2,15,17)(H,18,19). The first kappa shape index (κ1) is 14.8. The van der Waals surface area contributed by atoms with E-state index >= 15 is 0 Å². The van der Waals surface area contributed by atoms with Gasteiger partial charge in [-0.15, -0.1) is 0 Å². The lowest BCUT2D eigenvalue weighted by molar-refractivity contribution is -0.137. The normalized spacial score (nSPS) is 18.0. The van der Waals surface area contributed by atoms with E-state index in [0.29, 0.717) is 5.89 Å². The van der Waals surface area contributed by atoms with E-state index in [1.165, 1.54) is 38.5 Å². The van der Waals surface area contributed by atoms with E-state index in [-0.39, 0.29) is 18.3 Å². The predicted molar refractivity (Wildman–Crippen MR) is 74.1 cm³/mol. The van der Waals surface area contributed by atoms with Gasteiger partial charge in [-0.25, -0.2) is 0 Å². The fraction of sp³-hybridized carbons (Fsp3) is 0.786. The maximum Gasteiger partial charge on any atom is 0.304 e. The fourth-order valence-corrected chi connectivity index (χ4v) is 3.07. The summed E-state index contributed by atoms with van der Waals surface area (Å²) in [5.41, 5.74) is 5.43. The maximum atomic E-state index is 10.9. The maximum absolute atomic E-state index is 10.9. The molecule has 0 saturated heterocycles. The van der Waals surface area contributed by atoms with Gasteiger partial charge in [0.15, 0.2) is 0 Å². The van der Waals surface area contributed by atoms with E-state index in [1.54, 1.807) is 0 Å². The molecule has 1 heterocycles. The summed E-state index contributed by atoms with van der Waals surface area (Å²) >= 11 is 0. The Bertz CT molecular complexity index is 427. The number of hydrogen-bond donors (Lipinski definition) is 2. The molecular weight excluding hydrogens is 258 g/mol. The molecule has 1 saturated carbocycles. The van der Waals surface area contributed by atoms with Crippen LogP contribution >= 0.6 is 0 Å². The fourth-order valence-electron chi connectivity index (χ4n) is 3.07. The molecular formula is C14H23N3O3. The second kappa shape index (κ2) is 7.26. The molecule has 1 aliphatic rings. The predicted octanol–water partition coefficient (Wildman–Crippen LogP) is 2.96. The molecule has 2 rings (SSSR count). The molecule has 6 heteroatoms. The van der Waals surface area contributed by atoms with Crippen molar-refractivity contribution in [3.05, 3.63) is 5.89 Å². The third-order valence-electron chi connectivity index (χ3n) is 4.12. The highest BCUT2D eigenvalue weighted by Gasteiger charge is 2.22. The lowest BCUT2D eigenvalue weighted by atomic mass is 9.84. The highest BCUT2D eigenvalue weighted by molar-refractivity contribution is 5.67. The van der Waals surface area contributed by atoms with Crippen molar-refractivity contribution in [3.63, 3.8) is 0 Å². The molecule has 0 amide bonds. The second-order valence-corrected chi connectivity index (χ2v) is 5.72. The Labute approximate surface area is 118 Å². The molecule has 1 atom stereocenters. The van der Waals surface area contributed by atoms with Gasteiger partial charge in [-0.3, -0.25) is 4.79 Å². The quantitative estimate of drug-likeness (QED) is 0.796. The summed E-state index contributed by atoms with van der Waals surface area (Å²) in [5.74, 6) is 0.170. The van der Waals surface area contributed by atoms with Gasteiger partial charge in [0, 0.05) is 5.92 Å². The zero-order chi connectivity index (χ0) is 14.4. The molecule has 0 aromatic carbocycles. The molecule has 20 heavy (non-hydrogen) atoms. The Morgan fingerprint density at radius 3 is 2.75 bits per heavy atom. The first-order valence-electron chi connectivity index (χ1n) is 7.46. The number of anilines is 1. The van der Waals surface area contributed by atoms with Crippen molar-refractivity contribution >= 4 is 11.9 Å². The first-order valence-corrected chi connectivity index (χ1v) is 7.46. The Morgan fingerprint density at radius 2 is 2.15 bits per heavy atom. The molecule has 1 fully saturated rings. The average Bonchev–Trinajstić information content (AvgIpc) is 2.85. The summed E-state index contributed by atoms with van der Waals surface area (Å²) in [6, 6.07) is 0. The highest BCUT2D eigenvalue weighted by atomic mass is 16.5. The van der Waals surface area contributed by atoms with Crippen LogP contribution in [0.1, 0.15) is 69.6 Å². The third-order valence-corrected chi connectivity index (χ3v) is 4.12. The molecule has 0 radical (unpaired) electrons. The minimum absolute atomic E-state index is 0.0201. The van der Waals surface area contributed by atoms with Crippen LogP contribution in [0.3, 0.4) is 0 Å². The molecule has 112 valence electrons. The number of nitrogens with two attached hydrogens (primary N) is 1. The van der Waals surface area contributed by atoms with Gasteiger partial charge in [-0.05, 0) is 17.5 Å². The van der Waals surface area contributed by atoms with Crippen LogP contribution in [0.5, 0.6) is 0 Å². The summed E-state index contributed by atoms with van der Waals surface area (Å²) in [6.07, 6.45) is 9.63. The van der Waals surface area contributed by atoms with Crippen molar-refractivity contribution in [1.82, 2.24) is 10.1 Å². The largest absolute Gasteiger partial charge is 0.481 e. The topological polar surface area (TPSA) is 102 Å². The summed E-state index contributed by atoms with van der Waals surface area (Å²) in [6.45, 7) is 0. The molecule has 1 aromatic rings. The molecule has 6 nitrogen and oxygen atoms in total. The van der Waals surface area contributed by atoms with Crippen molar-refractivity contribution in [3.8, 4) is 0 Å². The number of aromatic nitrogens is 2. The zero-order valence-corrected chi connectivity index (χ0v) is 11.8.